The molecule has 0 radical (unpaired) electrons. The Balaban J connectivity index is 6.83. The molecule has 1 atom stereocenters. The standard InChI is InChI=1S/C25H44F6O25/c1-32-50-40-13-8-20(7-12-38-39-17-18-44-54-36-5)21(46-56-49-25(29,30)31)23(26,11-16-43-53-35-4)24(27,28)48-45-19-22(47-55-37-6,9-14-41-51-33-2)10-15-42-52-34-3/h7-19H2,1-6H3. The molecule has 0 heterocycles. The second-order valence-electron chi connectivity index (χ2n) is 9.46. The van der Waals surface area contributed by atoms with Crippen molar-refractivity contribution in [3.8, 4) is 0 Å². The van der Waals surface area contributed by atoms with Crippen molar-refractivity contribution in [2.75, 3.05) is 95.5 Å². The molecule has 0 aliphatic carbocycles. The Labute approximate surface area is 313 Å². The van der Waals surface area contributed by atoms with Crippen LogP contribution >= 0.6 is 0 Å². The third-order valence-corrected chi connectivity index (χ3v) is 5.85. The van der Waals surface area contributed by atoms with E-state index in [1.165, 1.54) is 0 Å². The van der Waals surface area contributed by atoms with Gasteiger partial charge in [0.2, 0.25) is 0 Å². The third kappa shape index (κ3) is 24.8. The van der Waals surface area contributed by atoms with Crippen molar-refractivity contribution < 1.29 is 150 Å². The molecule has 0 saturated heterocycles. The van der Waals surface area contributed by atoms with E-state index in [2.05, 4.69) is 93.9 Å². The van der Waals surface area contributed by atoms with Gasteiger partial charge in [-0.2, -0.15) is 18.6 Å². The van der Waals surface area contributed by atoms with E-state index in [9.17, 15) is 13.2 Å². The average Bonchev–Trinajstić information content (AvgIpc) is 3.16. The minimum Gasteiger partial charge on any atom is -0.309 e. The molecule has 0 aromatic rings. The maximum absolute atomic E-state index is 17.1. The zero-order chi connectivity index (χ0) is 42.0. The molecule has 0 aliphatic rings. The lowest BCUT2D eigenvalue weighted by Crippen LogP contribution is -2.51. The van der Waals surface area contributed by atoms with Crippen LogP contribution in [0.2, 0.25) is 0 Å². The average molecular weight is 859 g/mol. The first kappa shape index (κ1) is 54.2. The molecule has 0 N–H and O–H groups in total. The number of hydrogen-bond donors (Lipinski definition) is 0. The Kier molecular flexibility index (Phi) is 32.0. The number of alkyl halides is 6. The van der Waals surface area contributed by atoms with E-state index in [1.807, 2.05) is 0 Å². The van der Waals surface area contributed by atoms with Crippen molar-refractivity contribution in [3.63, 3.8) is 0 Å². The van der Waals surface area contributed by atoms with Crippen molar-refractivity contribution in [3.05, 3.63) is 11.3 Å². The van der Waals surface area contributed by atoms with Crippen LogP contribution in [0.1, 0.15) is 32.1 Å². The van der Waals surface area contributed by atoms with Crippen LogP contribution in [0.4, 0.5) is 26.3 Å². The number of rotatable bonds is 41. The van der Waals surface area contributed by atoms with Crippen LogP contribution in [-0.4, -0.2) is 119 Å². The van der Waals surface area contributed by atoms with Crippen LogP contribution in [0.5, 0.6) is 0 Å². The molecule has 25 nitrogen and oxygen atoms in total. The van der Waals surface area contributed by atoms with Gasteiger partial charge in [-0.3, -0.25) is 0 Å². The summed E-state index contributed by atoms with van der Waals surface area (Å²) in [6, 6.07) is 0. The zero-order valence-corrected chi connectivity index (χ0v) is 30.7. The fraction of sp³-hybridized carbons (Fsp3) is 0.920. The smallest absolute Gasteiger partial charge is 0.309 e. The molecule has 0 rings (SSSR count). The van der Waals surface area contributed by atoms with E-state index in [-0.39, 0.29) is 26.1 Å². The van der Waals surface area contributed by atoms with Crippen LogP contribution in [0.15, 0.2) is 11.3 Å². The van der Waals surface area contributed by atoms with Crippen LogP contribution in [0.3, 0.4) is 0 Å². The highest BCUT2D eigenvalue weighted by atomic mass is 19.4. The predicted octanol–water partition coefficient (Wildman–Crippen LogP) is 3.58. The molecular weight excluding hydrogens is 814 g/mol. The summed E-state index contributed by atoms with van der Waals surface area (Å²) in [5.41, 5.74) is -7.05. The van der Waals surface area contributed by atoms with Crippen LogP contribution in [0.25, 0.3) is 0 Å². The largest absolute Gasteiger partial charge is 0.552 e. The molecule has 0 amide bonds. The van der Waals surface area contributed by atoms with E-state index in [0.717, 1.165) is 42.7 Å². The molecule has 0 aromatic carbocycles. The first-order valence-corrected chi connectivity index (χ1v) is 15.2. The first-order chi connectivity index (χ1) is 26.8. The monoisotopic (exact) mass is 858 g/mol. The quantitative estimate of drug-likeness (QED) is 0.0281. The van der Waals surface area contributed by atoms with Crippen LogP contribution in [-0.2, 0) is 123 Å². The Hall–Kier alpha value is -1.84. The van der Waals surface area contributed by atoms with Crippen molar-refractivity contribution in [2.24, 2.45) is 0 Å². The highest BCUT2D eigenvalue weighted by molar-refractivity contribution is 5.22. The SMILES string of the molecule is COOOCCOOCCC(CCOOOC)=C(OOOC(F)(F)F)C(F)(CCOOOC)C(F)(F)OOCC(CCOOOC)(CCOOOC)OOOC. The lowest BCUT2D eigenvalue weighted by Gasteiger charge is -2.35. The van der Waals surface area contributed by atoms with Gasteiger partial charge >= 0.3 is 12.5 Å². The Morgan fingerprint density at radius 1 is 0.411 bits per heavy atom. The molecule has 1 unspecified atom stereocenters. The normalized spacial score (nSPS) is 14.3. The van der Waals surface area contributed by atoms with Gasteiger partial charge < -0.3 is 4.89 Å². The summed E-state index contributed by atoms with van der Waals surface area (Å²) in [7, 11) is 6.30. The van der Waals surface area contributed by atoms with Crippen molar-refractivity contribution in [2.45, 2.75) is 55.8 Å². The second kappa shape index (κ2) is 33.0. The minimum atomic E-state index is -5.59. The van der Waals surface area contributed by atoms with Gasteiger partial charge in [0.1, 0.15) is 25.4 Å². The molecule has 31 heteroatoms. The molecule has 0 bridgehead atoms. The summed E-state index contributed by atoms with van der Waals surface area (Å²) in [5, 5.41) is 29.3. The number of hydrogen-bond acceptors (Lipinski definition) is 25. The van der Waals surface area contributed by atoms with E-state index in [0.29, 0.717) is 0 Å². The van der Waals surface area contributed by atoms with Gasteiger partial charge in [-0.15, -0.1) is 13.2 Å². The van der Waals surface area contributed by atoms with Crippen LogP contribution in [0, 0.1) is 0 Å². The lowest BCUT2D eigenvalue weighted by atomic mass is 9.92. The second-order valence-corrected chi connectivity index (χ2v) is 9.46. The third-order valence-electron chi connectivity index (χ3n) is 5.85. The maximum atomic E-state index is 17.1. The van der Waals surface area contributed by atoms with Gasteiger partial charge in [-0.05, 0) is 23.5 Å². The van der Waals surface area contributed by atoms with Gasteiger partial charge in [-0.1, -0.05) is 35.1 Å². The summed E-state index contributed by atoms with van der Waals surface area (Å²) in [6.45, 7) is -4.92. The Bertz CT molecular complexity index is 946. The van der Waals surface area contributed by atoms with E-state index in [1.54, 1.807) is 0 Å². The summed E-state index contributed by atoms with van der Waals surface area (Å²) in [5.74, 6) is -1.72. The fourth-order valence-electron chi connectivity index (χ4n) is 3.56. The minimum absolute atomic E-state index is 0.248. The predicted molar refractivity (Wildman–Crippen MR) is 149 cm³/mol. The van der Waals surface area contributed by atoms with Gasteiger partial charge in [0.25, 0.3) is 5.67 Å². The van der Waals surface area contributed by atoms with Gasteiger partial charge in [0.05, 0.1) is 75.7 Å². The van der Waals surface area contributed by atoms with Crippen LogP contribution < -0.4 is 0 Å². The number of halogens is 6. The fourth-order valence-corrected chi connectivity index (χ4v) is 3.56. The highest BCUT2D eigenvalue weighted by Crippen LogP contribution is 2.46. The van der Waals surface area contributed by atoms with E-state index in [4.69, 9.17) is 29.3 Å². The summed E-state index contributed by atoms with van der Waals surface area (Å²) in [4.78, 5) is 80.0. The summed E-state index contributed by atoms with van der Waals surface area (Å²) in [6.07, 6.45) is -14.6. The summed E-state index contributed by atoms with van der Waals surface area (Å²) < 4.78 is 88.0. The topological polar surface area (TPSA) is 231 Å². The van der Waals surface area contributed by atoms with Crippen molar-refractivity contribution in [1.29, 1.82) is 0 Å². The highest BCUT2D eigenvalue weighted by Gasteiger charge is 2.63. The maximum Gasteiger partial charge on any atom is 0.552 e. The van der Waals surface area contributed by atoms with Gasteiger partial charge in [-0.25, -0.2) is 72.8 Å². The van der Waals surface area contributed by atoms with Crippen molar-refractivity contribution in [1.82, 2.24) is 0 Å². The van der Waals surface area contributed by atoms with E-state index < -0.39 is 94.0 Å². The molecule has 56 heavy (non-hydrogen) atoms. The molecule has 0 fully saturated rings. The molecule has 0 spiro atoms. The zero-order valence-electron chi connectivity index (χ0n) is 30.7. The molecule has 336 valence electrons. The Morgan fingerprint density at radius 3 is 1.34 bits per heavy atom. The van der Waals surface area contributed by atoms with Crippen molar-refractivity contribution >= 4 is 0 Å². The first-order valence-electron chi connectivity index (χ1n) is 15.2. The molecule has 0 aromatic heterocycles. The Morgan fingerprint density at radius 2 is 0.839 bits per heavy atom. The summed E-state index contributed by atoms with van der Waals surface area (Å²) >= 11 is 0. The molecular formula is C25H44F6O25. The lowest BCUT2D eigenvalue weighted by molar-refractivity contribution is -0.597. The molecule has 0 saturated carbocycles. The van der Waals surface area contributed by atoms with Gasteiger partial charge in [0, 0.05) is 19.3 Å². The van der Waals surface area contributed by atoms with E-state index >= 15 is 13.2 Å². The van der Waals surface area contributed by atoms with Gasteiger partial charge in [0.15, 0.2) is 5.76 Å². The molecule has 0 aliphatic heterocycles.